The zero-order valence-electron chi connectivity index (χ0n) is 15.4. The maximum absolute atomic E-state index is 13.2. The molecule has 3 heterocycles. The predicted octanol–water partition coefficient (Wildman–Crippen LogP) is 3.28. The summed E-state index contributed by atoms with van der Waals surface area (Å²) in [4.78, 5) is 31.6. The Bertz CT molecular complexity index is 1260. The van der Waals surface area contributed by atoms with Crippen LogP contribution in [0.5, 0.6) is 5.75 Å². The highest BCUT2D eigenvalue weighted by Gasteiger charge is 2.19. The van der Waals surface area contributed by atoms with E-state index in [-0.39, 0.29) is 11.1 Å². The molecule has 0 saturated heterocycles. The van der Waals surface area contributed by atoms with Gasteiger partial charge >= 0.3 is 0 Å². The number of hydrogen-bond acceptors (Lipinski definition) is 7. The van der Waals surface area contributed by atoms with E-state index in [1.807, 2.05) is 17.5 Å². The minimum Gasteiger partial charge on any atom is -0.497 e. The molecule has 144 valence electrons. The first kappa shape index (κ1) is 18.4. The molecule has 4 rings (SSSR count). The average molecular weight is 398 g/mol. The fraction of sp³-hybridized carbons (Fsp3) is 0.250. The van der Waals surface area contributed by atoms with Crippen LogP contribution in [0.4, 0.5) is 0 Å². The van der Waals surface area contributed by atoms with Crippen LogP contribution in [-0.2, 0) is 11.3 Å². The van der Waals surface area contributed by atoms with Crippen molar-refractivity contribution in [2.45, 2.75) is 13.0 Å². The van der Waals surface area contributed by atoms with E-state index in [1.165, 1.54) is 23.0 Å². The van der Waals surface area contributed by atoms with E-state index in [2.05, 4.69) is 4.98 Å². The van der Waals surface area contributed by atoms with Gasteiger partial charge < -0.3 is 13.9 Å². The Morgan fingerprint density at radius 2 is 2.07 bits per heavy atom. The number of rotatable bonds is 6. The van der Waals surface area contributed by atoms with Crippen molar-refractivity contribution in [2.24, 2.45) is 0 Å². The maximum Gasteiger partial charge on any atom is 0.269 e. The molecule has 0 aliphatic carbocycles. The van der Waals surface area contributed by atoms with Gasteiger partial charge in [-0.25, -0.2) is 0 Å². The molecule has 0 atom stereocenters. The van der Waals surface area contributed by atoms with E-state index >= 15 is 0 Å². The van der Waals surface area contributed by atoms with Crippen molar-refractivity contribution in [1.82, 2.24) is 9.55 Å². The Hall–Kier alpha value is -2.97. The molecule has 0 spiro atoms. The average Bonchev–Trinajstić information content (AvgIpc) is 3.23. The van der Waals surface area contributed by atoms with Gasteiger partial charge in [0.05, 0.1) is 17.4 Å². The molecule has 0 unspecified atom stereocenters. The standard InChI is InChI=1S/C20H18N2O5S/c1-25-9-4-8-22-18(15-5-3-10-28-15)21-19-16(20(22)24)17(23)13-7-6-12(26-2)11-14(13)27-19/h3,5-7,10-11H,4,8-9H2,1-2H3. The third kappa shape index (κ3) is 3.10. The van der Waals surface area contributed by atoms with Gasteiger partial charge in [-0.2, -0.15) is 4.98 Å². The summed E-state index contributed by atoms with van der Waals surface area (Å²) in [6.45, 7) is 0.892. The van der Waals surface area contributed by atoms with Crippen molar-refractivity contribution in [3.63, 3.8) is 0 Å². The lowest BCUT2D eigenvalue weighted by molar-refractivity contribution is 0.190. The van der Waals surface area contributed by atoms with Gasteiger partial charge in [0, 0.05) is 26.3 Å². The third-order valence-corrected chi connectivity index (χ3v) is 5.34. The van der Waals surface area contributed by atoms with Crippen molar-refractivity contribution < 1.29 is 13.9 Å². The minimum absolute atomic E-state index is 0.0298. The van der Waals surface area contributed by atoms with Gasteiger partial charge in [-0.3, -0.25) is 14.2 Å². The lowest BCUT2D eigenvalue weighted by atomic mass is 10.2. The summed E-state index contributed by atoms with van der Waals surface area (Å²) in [5, 5.41) is 2.18. The van der Waals surface area contributed by atoms with Crippen LogP contribution in [0.15, 0.2) is 49.7 Å². The second-order valence-electron chi connectivity index (χ2n) is 6.19. The van der Waals surface area contributed by atoms with E-state index in [0.717, 1.165) is 4.88 Å². The molecule has 0 amide bonds. The molecule has 0 saturated carbocycles. The number of hydrogen-bond donors (Lipinski definition) is 0. The molecule has 28 heavy (non-hydrogen) atoms. The van der Waals surface area contributed by atoms with Crippen molar-refractivity contribution in [2.75, 3.05) is 20.8 Å². The van der Waals surface area contributed by atoms with Gasteiger partial charge in [0.15, 0.2) is 11.2 Å². The Balaban J connectivity index is 2.04. The van der Waals surface area contributed by atoms with Gasteiger partial charge in [-0.1, -0.05) is 6.07 Å². The fourth-order valence-electron chi connectivity index (χ4n) is 3.11. The first-order valence-corrected chi connectivity index (χ1v) is 9.60. The van der Waals surface area contributed by atoms with Gasteiger partial charge in [0.25, 0.3) is 5.56 Å². The molecule has 7 nitrogen and oxygen atoms in total. The van der Waals surface area contributed by atoms with Crippen LogP contribution < -0.4 is 15.7 Å². The highest BCUT2D eigenvalue weighted by atomic mass is 32.1. The van der Waals surface area contributed by atoms with Crippen molar-refractivity contribution >= 4 is 33.4 Å². The highest BCUT2D eigenvalue weighted by Crippen LogP contribution is 2.25. The monoisotopic (exact) mass is 398 g/mol. The second kappa shape index (κ2) is 7.57. The molecule has 0 bridgehead atoms. The Kier molecular flexibility index (Phi) is 4.97. The number of nitrogens with zero attached hydrogens (tertiary/aromatic N) is 2. The van der Waals surface area contributed by atoms with Gasteiger partial charge in [-0.15, -0.1) is 11.3 Å². The number of thiophene rings is 1. The van der Waals surface area contributed by atoms with Crippen LogP contribution in [0, 0.1) is 0 Å². The number of fused-ring (bicyclic) bond motifs is 2. The molecular weight excluding hydrogens is 380 g/mol. The molecule has 0 radical (unpaired) electrons. The molecule has 0 aliphatic rings. The van der Waals surface area contributed by atoms with E-state index < -0.39 is 11.0 Å². The summed E-state index contributed by atoms with van der Waals surface area (Å²) in [6, 6.07) is 8.65. The van der Waals surface area contributed by atoms with Crippen LogP contribution >= 0.6 is 11.3 Å². The first-order valence-electron chi connectivity index (χ1n) is 8.72. The smallest absolute Gasteiger partial charge is 0.269 e. The minimum atomic E-state index is -0.407. The van der Waals surface area contributed by atoms with Crippen LogP contribution in [-0.4, -0.2) is 30.4 Å². The van der Waals surface area contributed by atoms with E-state index in [0.29, 0.717) is 42.1 Å². The summed E-state index contributed by atoms with van der Waals surface area (Å²) >= 11 is 1.47. The van der Waals surface area contributed by atoms with Gasteiger partial charge in [0.2, 0.25) is 11.1 Å². The fourth-order valence-corrected chi connectivity index (χ4v) is 3.83. The molecule has 4 aromatic rings. The molecule has 0 N–H and O–H groups in total. The zero-order valence-corrected chi connectivity index (χ0v) is 16.2. The summed E-state index contributed by atoms with van der Waals surface area (Å²) in [5.74, 6) is 1.04. The van der Waals surface area contributed by atoms with Crippen molar-refractivity contribution in [3.05, 3.63) is 56.3 Å². The topological polar surface area (TPSA) is 83.6 Å². The SMILES string of the molecule is COCCCn1c(-c2cccs2)nc2oc3cc(OC)ccc3c(=O)c2c1=O. The first-order chi connectivity index (χ1) is 13.6. The van der Waals surface area contributed by atoms with Crippen LogP contribution in [0.3, 0.4) is 0 Å². The second-order valence-corrected chi connectivity index (χ2v) is 7.14. The summed E-state index contributed by atoms with van der Waals surface area (Å²) in [7, 11) is 3.14. The molecule has 0 aliphatic heterocycles. The Morgan fingerprint density at radius 1 is 1.21 bits per heavy atom. The summed E-state index contributed by atoms with van der Waals surface area (Å²) < 4.78 is 17.7. The van der Waals surface area contributed by atoms with Crippen LogP contribution in [0.2, 0.25) is 0 Å². The molecule has 3 aromatic heterocycles. The lowest BCUT2D eigenvalue weighted by Gasteiger charge is -2.12. The number of ether oxygens (including phenoxy) is 2. The van der Waals surface area contributed by atoms with Gasteiger partial charge in [-0.05, 0) is 30.0 Å². The lowest BCUT2D eigenvalue weighted by Crippen LogP contribution is -2.28. The van der Waals surface area contributed by atoms with Crippen molar-refractivity contribution in [1.29, 1.82) is 0 Å². The Labute approximate surface area is 163 Å². The largest absolute Gasteiger partial charge is 0.497 e. The van der Waals surface area contributed by atoms with Gasteiger partial charge in [0.1, 0.15) is 11.3 Å². The zero-order chi connectivity index (χ0) is 19.7. The van der Waals surface area contributed by atoms with Crippen molar-refractivity contribution in [3.8, 4) is 16.5 Å². The predicted molar refractivity (Wildman–Crippen MR) is 108 cm³/mol. The van der Waals surface area contributed by atoms with E-state index in [1.54, 1.807) is 25.3 Å². The van der Waals surface area contributed by atoms with Crippen LogP contribution in [0.25, 0.3) is 32.8 Å². The van der Waals surface area contributed by atoms with E-state index in [4.69, 9.17) is 13.9 Å². The maximum atomic E-state index is 13.2. The molecule has 1 aromatic carbocycles. The highest BCUT2D eigenvalue weighted by molar-refractivity contribution is 7.13. The van der Waals surface area contributed by atoms with E-state index in [9.17, 15) is 9.59 Å². The normalized spacial score (nSPS) is 11.4. The summed E-state index contributed by atoms with van der Waals surface area (Å²) in [5.41, 5.74) is -0.439. The third-order valence-electron chi connectivity index (χ3n) is 4.47. The quantitative estimate of drug-likeness (QED) is 0.366. The number of methoxy groups -OCH3 is 2. The summed E-state index contributed by atoms with van der Waals surface area (Å²) in [6.07, 6.45) is 0.623. The number of benzene rings is 1. The molecular formula is C20H18N2O5S. The van der Waals surface area contributed by atoms with Crippen LogP contribution in [0.1, 0.15) is 6.42 Å². The Morgan fingerprint density at radius 3 is 2.79 bits per heavy atom. The molecule has 0 fully saturated rings. The number of aromatic nitrogens is 2. The molecule has 8 heteroatoms.